The van der Waals surface area contributed by atoms with E-state index in [4.69, 9.17) is 0 Å². The van der Waals surface area contributed by atoms with Gasteiger partial charge in [-0.1, -0.05) is 0 Å². The van der Waals surface area contributed by atoms with Crippen LogP contribution in [0, 0.1) is 0 Å². The van der Waals surface area contributed by atoms with Crippen molar-refractivity contribution in [2.75, 3.05) is 68.0 Å². The summed E-state index contributed by atoms with van der Waals surface area (Å²) in [5.41, 5.74) is 0. The topological polar surface area (TPSA) is 23.6 Å². The molecule has 0 amide bonds. The first-order valence-corrected chi connectivity index (χ1v) is 6.46. The van der Waals surface area contributed by atoms with Crippen LogP contribution in [0.4, 0.5) is 0 Å². The van der Waals surface area contributed by atoms with Crippen molar-refractivity contribution < 1.29 is 9.28 Å². The highest BCUT2D eigenvalue weighted by Gasteiger charge is 2.13. The molecule has 102 valence electrons. The molecule has 0 unspecified atom stereocenters. The van der Waals surface area contributed by atoms with E-state index in [1.165, 1.54) is 6.42 Å². The predicted octanol–water partition coefficient (Wildman–Crippen LogP) is 0.535. The molecule has 0 spiro atoms. The van der Waals surface area contributed by atoms with Crippen LogP contribution in [-0.4, -0.2) is 88.5 Å². The van der Waals surface area contributed by atoms with E-state index < -0.39 is 0 Å². The quantitative estimate of drug-likeness (QED) is 0.414. The third-order valence-corrected chi connectivity index (χ3v) is 3.02. The Labute approximate surface area is 107 Å². The van der Waals surface area contributed by atoms with Crippen LogP contribution in [0.15, 0.2) is 0 Å². The maximum absolute atomic E-state index is 10.5. The zero-order chi connectivity index (χ0) is 13.3. The highest BCUT2D eigenvalue weighted by Crippen LogP contribution is 1.99. The molecule has 4 heteroatoms. The molecule has 0 aliphatic rings. The number of quaternary nitrogens is 1. The molecule has 0 bridgehead atoms. The van der Waals surface area contributed by atoms with Gasteiger partial charge in [0.05, 0.1) is 20.6 Å². The Bertz CT molecular complexity index is 205. The fourth-order valence-electron chi connectivity index (χ4n) is 1.83. The number of nitrogens with zero attached hydrogens (tertiary/aromatic N) is 3. The second-order valence-electron chi connectivity index (χ2n) is 5.82. The maximum atomic E-state index is 10.5. The predicted molar refractivity (Wildman–Crippen MR) is 73.2 cm³/mol. The average Bonchev–Trinajstić information content (AvgIpc) is 2.16. The first-order valence-electron chi connectivity index (χ1n) is 6.46. The Hall–Kier alpha value is -0.450. The van der Waals surface area contributed by atoms with Crippen molar-refractivity contribution in [1.29, 1.82) is 0 Å². The molecule has 0 atom stereocenters. The Kier molecular flexibility index (Phi) is 8.39. The van der Waals surface area contributed by atoms with Crippen molar-refractivity contribution in [3.05, 3.63) is 0 Å². The van der Waals surface area contributed by atoms with Gasteiger partial charge in [0.25, 0.3) is 0 Å². The van der Waals surface area contributed by atoms with E-state index in [1.807, 2.05) is 0 Å². The summed E-state index contributed by atoms with van der Waals surface area (Å²) >= 11 is 0. The zero-order valence-electron chi connectivity index (χ0n) is 12.3. The molecule has 0 fully saturated rings. The van der Waals surface area contributed by atoms with Gasteiger partial charge in [-0.15, -0.1) is 0 Å². The molecular weight excluding hydrogens is 214 g/mol. The number of rotatable bonds is 10. The summed E-state index contributed by atoms with van der Waals surface area (Å²) in [6, 6.07) is 0. The SMILES string of the molecule is CN(C)CCCN(C)CCC[N+](C)(C)CC=O. The van der Waals surface area contributed by atoms with Crippen LogP contribution in [-0.2, 0) is 4.79 Å². The summed E-state index contributed by atoms with van der Waals surface area (Å²) in [4.78, 5) is 15.1. The second kappa shape index (κ2) is 8.61. The number of hydrogen-bond donors (Lipinski definition) is 0. The molecule has 0 aliphatic carbocycles. The van der Waals surface area contributed by atoms with Crippen LogP contribution in [0.2, 0.25) is 0 Å². The minimum Gasteiger partial charge on any atom is -0.322 e. The molecule has 0 saturated heterocycles. The van der Waals surface area contributed by atoms with Crippen LogP contribution in [0.1, 0.15) is 12.8 Å². The number of hydrogen-bond acceptors (Lipinski definition) is 3. The molecule has 0 aromatic heterocycles. The number of aldehydes is 1. The molecule has 0 N–H and O–H groups in total. The molecule has 4 nitrogen and oxygen atoms in total. The van der Waals surface area contributed by atoms with E-state index in [-0.39, 0.29) is 0 Å². The lowest BCUT2D eigenvalue weighted by Gasteiger charge is -2.28. The lowest BCUT2D eigenvalue weighted by Crippen LogP contribution is -2.43. The molecule has 0 aliphatic heterocycles. The van der Waals surface area contributed by atoms with Crippen molar-refractivity contribution >= 4 is 6.29 Å². The molecule has 0 aromatic carbocycles. The zero-order valence-corrected chi connectivity index (χ0v) is 12.3. The van der Waals surface area contributed by atoms with Gasteiger partial charge in [0.1, 0.15) is 6.54 Å². The van der Waals surface area contributed by atoms with Gasteiger partial charge in [0.15, 0.2) is 6.29 Å². The summed E-state index contributed by atoms with van der Waals surface area (Å²) in [6.07, 6.45) is 3.39. The van der Waals surface area contributed by atoms with E-state index in [0.29, 0.717) is 6.54 Å². The maximum Gasteiger partial charge on any atom is 0.174 e. The molecule has 0 radical (unpaired) electrons. The summed E-state index contributed by atoms with van der Waals surface area (Å²) in [7, 11) is 10.6. The molecule has 0 saturated carbocycles. The summed E-state index contributed by atoms with van der Waals surface area (Å²) in [5.74, 6) is 0. The van der Waals surface area contributed by atoms with Gasteiger partial charge in [0, 0.05) is 13.0 Å². The average molecular weight is 244 g/mol. The van der Waals surface area contributed by atoms with E-state index in [9.17, 15) is 4.79 Å². The summed E-state index contributed by atoms with van der Waals surface area (Å²) < 4.78 is 0.801. The van der Waals surface area contributed by atoms with E-state index >= 15 is 0 Å². The van der Waals surface area contributed by atoms with Crippen molar-refractivity contribution in [1.82, 2.24) is 9.80 Å². The van der Waals surface area contributed by atoms with Crippen LogP contribution in [0.25, 0.3) is 0 Å². The Morgan fingerprint density at radius 1 is 1.00 bits per heavy atom. The second-order valence-corrected chi connectivity index (χ2v) is 5.82. The third-order valence-electron chi connectivity index (χ3n) is 3.02. The fraction of sp³-hybridized carbons (Fsp3) is 0.923. The number of likely N-dealkylation sites (N-methyl/N-ethyl adjacent to an activating group) is 1. The van der Waals surface area contributed by atoms with Crippen molar-refractivity contribution in [2.45, 2.75) is 12.8 Å². The first kappa shape index (κ1) is 16.6. The molecular formula is C13H30N3O+. The molecule has 17 heavy (non-hydrogen) atoms. The molecule has 0 rings (SSSR count). The standard InChI is InChI=1S/C13H30N3O/c1-14(2)8-6-9-15(3)10-7-11-16(4,5)12-13-17/h13H,6-12H2,1-5H3/q+1. The first-order chi connectivity index (χ1) is 7.87. The largest absolute Gasteiger partial charge is 0.322 e. The summed E-state index contributed by atoms with van der Waals surface area (Å²) in [6.45, 7) is 5.10. The molecule has 0 aromatic rings. The minimum atomic E-state index is 0.615. The van der Waals surface area contributed by atoms with Gasteiger partial charge >= 0.3 is 0 Å². The number of carbonyl (C=O) groups is 1. The highest BCUT2D eigenvalue weighted by atomic mass is 16.1. The smallest absolute Gasteiger partial charge is 0.174 e. The van der Waals surface area contributed by atoms with E-state index in [2.05, 4.69) is 45.0 Å². The monoisotopic (exact) mass is 244 g/mol. The highest BCUT2D eigenvalue weighted by molar-refractivity contribution is 5.50. The van der Waals surface area contributed by atoms with Crippen LogP contribution in [0.3, 0.4) is 0 Å². The van der Waals surface area contributed by atoms with Gasteiger partial charge in [-0.05, 0) is 40.7 Å². The lowest BCUT2D eigenvalue weighted by atomic mass is 10.3. The Morgan fingerprint density at radius 2 is 1.59 bits per heavy atom. The van der Waals surface area contributed by atoms with Gasteiger partial charge in [-0.3, -0.25) is 4.79 Å². The van der Waals surface area contributed by atoms with E-state index in [0.717, 1.165) is 43.4 Å². The normalized spacial score (nSPS) is 12.4. The lowest BCUT2D eigenvalue weighted by molar-refractivity contribution is -0.881. The van der Waals surface area contributed by atoms with Crippen molar-refractivity contribution in [3.63, 3.8) is 0 Å². The van der Waals surface area contributed by atoms with Gasteiger partial charge in [-0.2, -0.15) is 0 Å². The molecule has 0 heterocycles. The number of carbonyl (C=O) groups excluding carboxylic acids is 1. The van der Waals surface area contributed by atoms with Crippen LogP contribution < -0.4 is 0 Å². The Balaban J connectivity index is 3.56. The minimum absolute atomic E-state index is 0.615. The Morgan fingerprint density at radius 3 is 2.12 bits per heavy atom. The fourth-order valence-corrected chi connectivity index (χ4v) is 1.83. The van der Waals surface area contributed by atoms with Gasteiger partial charge in [-0.25, -0.2) is 0 Å². The third kappa shape index (κ3) is 10.4. The van der Waals surface area contributed by atoms with Crippen molar-refractivity contribution in [3.8, 4) is 0 Å². The van der Waals surface area contributed by atoms with E-state index in [1.54, 1.807) is 0 Å². The van der Waals surface area contributed by atoms with Gasteiger partial charge in [0.2, 0.25) is 0 Å². The summed E-state index contributed by atoms with van der Waals surface area (Å²) in [5, 5.41) is 0. The van der Waals surface area contributed by atoms with Crippen molar-refractivity contribution in [2.24, 2.45) is 0 Å². The van der Waals surface area contributed by atoms with Gasteiger partial charge < -0.3 is 14.3 Å². The van der Waals surface area contributed by atoms with Crippen LogP contribution in [0.5, 0.6) is 0 Å². The van der Waals surface area contributed by atoms with Crippen LogP contribution >= 0.6 is 0 Å².